The molecular weight excluding hydrogens is 1090 g/mol. The van der Waals surface area contributed by atoms with Crippen LogP contribution in [-0.4, -0.2) is 6.41 Å². The third kappa shape index (κ3) is 17.4. The number of hydrogen-bond donors (Lipinski definition) is 0. The Morgan fingerprint density at radius 3 is 0.946 bits per heavy atom. The molecule has 0 spiro atoms. The fourth-order valence-electron chi connectivity index (χ4n) is 8.96. The molecule has 0 saturated heterocycles. The van der Waals surface area contributed by atoms with Crippen molar-refractivity contribution in [2.45, 2.75) is 81.1 Å². The summed E-state index contributed by atoms with van der Waals surface area (Å²) in [7, 11) is 0. The van der Waals surface area contributed by atoms with Crippen molar-refractivity contribution >= 4 is 6.41 Å². The molecule has 0 N–H and O–H groups in total. The van der Waals surface area contributed by atoms with Crippen molar-refractivity contribution in [1.29, 1.82) is 0 Å². The van der Waals surface area contributed by atoms with Gasteiger partial charge in [-0.1, -0.05) is 72.5 Å². The van der Waals surface area contributed by atoms with Crippen LogP contribution in [0.3, 0.4) is 0 Å². The summed E-state index contributed by atoms with van der Waals surface area (Å²) in [4.78, 5) is 0. The van der Waals surface area contributed by atoms with Crippen molar-refractivity contribution < 1.29 is 73.3 Å². The van der Waals surface area contributed by atoms with E-state index < -0.39 is 0 Å². The van der Waals surface area contributed by atoms with Crippen LogP contribution in [0.15, 0.2) is 194 Å². The smallest absolute Gasteiger partial charge is 0.109 e. The molecule has 0 saturated carbocycles. The Morgan fingerprint density at radius 2 is 0.676 bits per heavy atom. The van der Waals surface area contributed by atoms with E-state index >= 15 is 0 Å². The van der Waals surface area contributed by atoms with Gasteiger partial charge in [0, 0.05) is 0 Å². The van der Waals surface area contributed by atoms with Crippen molar-refractivity contribution in [3.63, 3.8) is 0 Å². The van der Waals surface area contributed by atoms with Crippen molar-refractivity contribution in [3.05, 3.63) is 307 Å². The Bertz CT molecular complexity index is 2890. The van der Waals surface area contributed by atoms with Crippen molar-refractivity contribution in [2.24, 2.45) is 0 Å². The first-order valence-electron chi connectivity index (χ1n) is 24.9. The molecule has 368 valence electrons. The van der Waals surface area contributed by atoms with Crippen LogP contribution in [0.25, 0.3) is 22.3 Å². The summed E-state index contributed by atoms with van der Waals surface area (Å²) in [6.45, 7) is 17.1. The zero-order valence-electron chi connectivity index (χ0n) is 44.1. The van der Waals surface area contributed by atoms with Gasteiger partial charge >= 0.3 is 224 Å². The molecule has 0 fully saturated rings. The van der Waals surface area contributed by atoms with E-state index in [0.29, 0.717) is 0 Å². The molecule has 0 aliphatic heterocycles. The van der Waals surface area contributed by atoms with Gasteiger partial charge in [-0.3, -0.25) is 12.2 Å². The molecule has 4 aliphatic carbocycles. The van der Waals surface area contributed by atoms with E-state index in [1.54, 1.807) is 0 Å². The van der Waals surface area contributed by atoms with Gasteiger partial charge in [-0.25, -0.2) is 24.3 Å². The summed E-state index contributed by atoms with van der Waals surface area (Å²) in [5.74, 6) is 0. The summed E-state index contributed by atoms with van der Waals surface area (Å²) in [5, 5.41) is 0. The van der Waals surface area contributed by atoms with Gasteiger partial charge in [-0.05, 0) is 37.8 Å². The van der Waals surface area contributed by atoms with E-state index in [4.69, 9.17) is 0 Å². The molecule has 0 bridgehead atoms. The fraction of sp³-hybridized carbons (Fsp3) is 0.171. The predicted octanol–water partition coefficient (Wildman–Crippen LogP) is 10.8. The normalized spacial score (nSPS) is 11.8. The van der Waals surface area contributed by atoms with Gasteiger partial charge in [0.2, 0.25) is 0 Å². The van der Waals surface area contributed by atoms with E-state index in [9.17, 15) is 0 Å². The van der Waals surface area contributed by atoms with Gasteiger partial charge in [0.25, 0.3) is 0 Å². The number of benzene rings is 8. The Balaban J connectivity index is 0.000000170. The van der Waals surface area contributed by atoms with E-state index in [1.165, 1.54) is 166 Å². The number of halogens is 2. The Labute approximate surface area is 486 Å². The number of hydrogen-bond acceptors (Lipinski definition) is 0. The van der Waals surface area contributed by atoms with E-state index in [-0.39, 0.29) is 24.8 Å². The van der Waals surface area contributed by atoms with Crippen molar-refractivity contribution in [3.8, 4) is 22.3 Å². The SMILES string of the molecule is Cc1[c-]c2c(cc1)-c1ccc(C)cc1C2.Cc1[c-]c2c(cc1)-c1ccc(C)cc1C2.Cc1cccc([C](=[Zr+2])c2cccc(C)c2)c1.Cc1cccc([C](=[Zr+2])c2cccc(C)c2)c1.[C-]1=CC=CC1.[C-]1=CC=CC1.[Cl-].[Cl-]. The Hall–Kier alpha value is -5.19. The van der Waals surface area contributed by atoms with Gasteiger partial charge < -0.3 is 24.8 Å². The maximum atomic E-state index is 3.45. The van der Waals surface area contributed by atoms with E-state index in [0.717, 1.165) is 25.7 Å². The fourth-order valence-corrected chi connectivity index (χ4v) is 10.5. The monoisotopic (exact) mass is 1150 g/mol. The van der Waals surface area contributed by atoms with Crippen LogP contribution in [0.4, 0.5) is 0 Å². The minimum atomic E-state index is 0. The minimum Gasteiger partial charge on any atom is -1.00 e. The molecule has 0 radical (unpaired) electrons. The second-order valence-electron chi connectivity index (χ2n) is 19.0. The second kappa shape index (κ2) is 29.8. The number of rotatable bonds is 4. The van der Waals surface area contributed by atoms with Gasteiger partial charge in [0.15, 0.2) is 0 Å². The summed E-state index contributed by atoms with van der Waals surface area (Å²) in [6, 6.07) is 64.0. The molecule has 0 amide bonds. The number of aryl methyl sites for hydroxylation is 8. The molecule has 8 aromatic rings. The predicted molar refractivity (Wildman–Crippen MR) is 300 cm³/mol. The molecule has 8 aromatic carbocycles. The number of allylic oxidation sites excluding steroid dienone is 8. The molecule has 12 rings (SSSR count). The number of fused-ring (bicyclic) bond motifs is 6. The van der Waals surface area contributed by atoms with Crippen molar-refractivity contribution in [2.75, 3.05) is 0 Å². The van der Waals surface area contributed by atoms with Crippen LogP contribution < -0.4 is 24.8 Å². The standard InChI is InChI=1S/2C15H13.2C15H14.2C5H5.2ClH.2Zr/c2*1-10-3-5-14-12(7-10)9-13-8-11(2)4-6-15(13)14;2*1-12-5-3-7-14(9-12)11-15-8-4-6-13(2)10-15;2*1-2-4-5-3-1;;;;/h2*3-7H,9H2,1-2H3;2*3-10H,1-2H3;2*1-3H,4H2;2*1H;;/q2*-1;;;2*-1;;;2*+2/p-2. The zero-order valence-corrected chi connectivity index (χ0v) is 50.5. The van der Waals surface area contributed by atoms with Gasteiger partial charge in [0.05, 0.1) is 0 Å². The summed E-state index contributed by atoms with van der Waals surface area (Å²) >= 11 is 2.93. The van der Waals surface area contributed by atoms with Crippen molar-refractivity contribution in [1.82, 2.24) is 0 Å². The first kappa shape index (κ1) is 59.7. The van der Waals surface area contributed by atoms with Crippen LogP contribution in [0.2, 0.25) is 0 Å². The maximum absolute atomic E-state index is 3.45. The average molecular weight is 1160 g/mol. The summed E-state index contributed by atoms with van der Waals surface area (Å²) < 4.78 is 2.86. The summed E-state index contributed by atoms with van der Waals surface area (Å²) in [6.07, 6.45) is 22.1. The van der Waals surface area contributed by atoms with Gasteiger partial charge in [-0.2, -0.15) is 59.7 Å². The third-order valence-corrected chi connectivity index (χ3v) is 15.4. The average Bonchev–Trinajstić information content (AvgIpc) is 4.24. The Morgan fingerprint density at radius 1 is 0.365 bits per heavy atom. The third-order valence-electron chi connectivity index (χ3n) is 12.6. The molecule has 0 heterocycles. The molecule has 0 nitrogen and oxygen atoms in total. The molecule has 0 aromatic heterocycles. The van der Waals surface area contributed by atoms with Crippen LogP contribution in [-0.2, 0) is 61.3 Å². The molecule has 74 heavy (non-hydrogen) atoms. The molecule has 4 heteroatoms. The molecule has 0 unspecified atom stereocenters. The van der Waals surface area contributed by atoms with E-state index in [1.807, 2.05) is 24.3 Å². The molecule has 0 atom stereocenters. The molecular formula is C70H64Cl2Zr2-2. The van der Waals surface area contributed by atoms with Crippen LogP contribution in [0.1, 0.15) is 102 Å². The molecule has 4 aliphatic rings. The van der Waals surface area contributed by atoms with Crippen LogP contribution in [0, 0.1) is 79.7 Å². The topological polar surface area (TPSA) is 0 Å². The first-order chi connectivity index (χ1) is 34.8. The zero-order chi connectivity index (χ0) is 51.0. The minimum absolute atomic E-state index is 0. The quantitative estimate of drug-likeness (QED) is 0.154. The van der Waals surface area contributed by atoms with Crippen LogP contribution >= 0.6 is 0 Å². The van der Waals surface area contributed by atoms with Gasteiger partial charge in [-0.15, -0.1) is 35.1 Å². The largest absolute Gasteiger partial charge is 1.00 e. The summed E-state index contributed by atoms with van der Waals surface area (Å²) in [5.41, 5.74) is 27.0. The maximum Gasteiger partial charge on any atom is -0.109 e. The van der Waals surface area contributed by atoms with E-state index in [2.05, 4.69) is 250 Å². The van der Waals surface area contributed by atoms with Gasteiger partial charge in [0.1, 0.15) is 0 Å². The van der Waals surface area contributed by atoms with Crippen LogP contribution in [0.5, 0.6) is 0 Å². The second-order valence-corrected chi connectivity index (χ2v) is 21.4. The first-order valence-corrected chi connectivity index (χ1v) is 27.4. The Kier molecular flexibility index (Phi) is 24.0.